The van der Waals surface area contributed by atoms with E-state index in [2.05, 4.69) is 16.9 Å². The zero-order valence-electron chi connectivity index (χ0n) is 13.1. The van der Waals surface area contributed by atoms with Crippen molar-refractivity contribution in [2.75, 3.05) is 6.26 Å². The summed E-state index contributed by atoms with van der Waals surface area (Å²) in [5, 5.41) is 14.0. The van der Waals surface area contributed by atoms with Crippen molar-refractivity contribution in [3.8, 4) is 0 Å². The number of nitro groups is 1. The van der Waals surface area contributed by atoms with E-state index in [1.54, 1.807) is 36.7 Å². The van der Waals surface area contributed by atoms with Crippen LogP contribution in [-0.4, -0.2) is 22.1 Å². The van der Waals surface area contributed by atoms with Gasteiger partial charge in [0.05, 0.1) is 11.0 Å². The number of nitrogens with zero attached hydrogens (tertiary/aromatic N) is 2. The molecule has 2 aromatic rings. The summed E-state index contributed by atoms with van der Waals surface area (Å²) in [6, 6.07) is 7.78. The standard InChI is InChI=1S/C17H17N3O3S/c1-3-4-15(12-7-9-18-10-8-12)19-17(21)14-11-13(24-2)5-6-16(14)20(22)23/h3,5-11,15H,1,4H2,2H3,(H,19,21)/t15-/m1/s1. The highest BCUT2D eigenvalue weighted by Gasteiger charge is 2.23. The minimum Gasteiger partial charge on any atom is -0.345 e. The van der Waals surface area contributed by atoms with Gasteiger partial charge in [-0.15, -0.1) is 18.3 Å². The number of pyridine rings is 1. The number of carbonyl (C=O) groups is 1. The monoisotopic (exact) mass is 343 g/mol. The maximum Gasteiger partial charge on any atom is 0.282 e. The lowest BCUT2D eigenvalue weighted by Crippen LogP contribution is -2.29. The third-order valence-corrected chi connectivity index (χ3v) is 4.19. The lowest BCUT2D eigenvalue weighted by molar-refractivity contribution is -0.385. The molecule has 0 radical (unpaired) electrons. The van der Waals surface area contributed by atoms with Gasteiger partial charge in [0, 0.05) is 23.4 Å². The van der Waals surface area contributed by atoms with Gasteiger partial charge in [-0.25, -0.2) is 0 Å². The largest absolute Gasteiger partial charge is 0.345 e. The molecule has 1 heterocycles. The number of hydrogen-bond acceptors (Lipinski definition) is 5. The molecule has 1 atom stereocenters. The van der Waals surface area contributed by atoms with Gasteiger partial charge >= 0.3 is 0 Å². The van der Waals surface area contributed by atoms with E-state index < -0.39 is 10.8 Å². The van der Waals surface area contributed by atoms with E-state index >= 15 is 0 Å². The van der Waals surface area contributed by atoms with E-state index in [4.69, 9.17) is 0 Å². The Morgan fingerprint density at radius 2 is 2.12 bits per heavy atom. The first-order valence-electron chi connectivity index (χ1n) is 7.21. The molecule has 0 unspecified atom stereocenters. The average Bonchev–Trinajstić information content (AvgIpc) is 2.61. The number of rotatable bonds is 7. The Hall–Kier alpha value is -2.67. The number of benzene rings is 1. The van der Waals surface area contributed by atoms with Crippen molar-refractivity contribution in [1.29, 1.82) is 0 Å². The third-order valence-electron chi connectivity index (χ3n) is 3.46. The normalized spacial score (nSPS) is 11.5. The topological polar surface area (TPSA) is 85.1 Å². The van der Waals surface area contributed by atoms with Crippen LogP contribution in [0.25, 0.3) is 0 Å². The van der Waals surface area contributed by atoms with E-state index in [9.17, 15) is 14.9 Å². The number of thioether (sulfide) groups is 1. The van der Waals surface area contributed by atoms with Crippen LogP contribution in [0.1, 0.15) is 28.4 Å². The van der Waals surface area contributed by atoms with Crippen LogP contribution in [0.3, 0.4) is 0 Å². The number of carbonyl (C=O) groups excluding carboxylic acids is 1. The lowest BCUT2D eigenvalue weighted by Gasteiger charge is -2.17. The number of nitro benzene ring substituents is 1. The van der Waals surface area contributed by atoms with Crippen molar-refractivity contribution in [3.63, 3.8) is 0 Å². The van der Waals surface area contributed by atoms with Crippen LogP contribution in [-0.2, 0) is 0 Å². The molecule has 1 amide bonds. The highest BCUT2D eigenvalue weighted by atomic mass is 32.2. The maximum atomic E-state index is 12.6. The second kappa shape index (κ2) is 8.26. The molecule has 0 spiro atoms. The molecular formula is C17H17N3O3S. The molecule has 0 saturated carbocycles. The average molecular weight is 343 g/mol. The van der Waals surface area contributed by atoms with Crippen molar-refractivity contribution in [2.45, 2.75) is 17.4 Å². The minimum atomic E-state index is -0.548. The summed E-state index contributed by atoms with van der Waals surface area (Å²) in [6.45, 7) is 3.70. The number of hydrogen-bond donors (Lipinski definition) is 1. The van der Waals surface area contributed by atoms with Gasteiger partial charge in [-0.3, -0.25) is 19.9 Å². The van der Waals surface area contributed by atoms with E-state index in [0.29, 0.717) is 6.42 Å². The van der Waals surface area contributed by atoms with Crippen molar-refractivity contribution in [2.24, 2.45) is 0 Å². The molecule has 6 nitrogen and oxygen atoms in total. The molecule has 124 valence electrons. The molecule has 0 aliphatic rings. The van der Waals surface area contributed by atoms with Crippen molar-refractivity contribution in [1.82, 2.24) is 10.3 Å². The van der Waals surface area contributed by atoms with Gasteiger partial charge in [-0.1, -0.05) is 6.08 Å². The van der Waals surface area contributed by atoms with Gasteiger partial charge in [-0.05, 0) is 42.5 Å². The summed E-state index contributed by atoms with van der Waals surface area (Å²) >= 11 is 1.42. The molecule has 1 N–H and O–H groups in total. The third kappa shape index (κ3) is 4.20. The second-order valence-electron chi connectivity index (χ2n) is 4.97. The first-order chi connectivity index (χ1) is 11.6. The van der Waals surface area contributed by atoms with Crippen LogP contribution in [0.5, 0.6) is 0 Å². The molecular weight excluding hydrogens is 326 g/mol. The fourth-order valence-corrected chi connectivity index (χ4v) is 2.70. The Kier molecular flexibility index (Phi) is 6.08. The summed E-state index contributed by atoms with van der Waals surface area (Å²) in [4.78, 5) is 28.0. The summed E-state index contributed by atoms with van der Waals surface area (Å²) in [5.74, 6) is -0.485. The predicted molar refractivity (Wildman–Crippen MR) is 94.1 cm³/mol. The zero-order valence-corrected chi connectivity index (χ0v) is 14.0. The number of aromatic nitrogens is 1. The van der Waals surface area contributed by atoms with E-state index in [1.165, 1.54) is 23.9 Å². The SMILES string of the molecule is C=CC[C@@H](NC(=O)c1cc(SC)ccc1[N+](=O)[O-])c1ccncc1. The highest BCUT2D eigenvalue weighted by Crippen LogP contribution is 2.26. The first-order valence-corrected chi connectivity index (χ1v) is 8.43. The molecule has 7 heteroatoms. The Balaban J connectivity index is 2.33. The summed E-state index contributed by atoms with van der Waals surface area (Å²) in [6.07, 6.45) is 7.31. The second-order valence-corrected chi connectivity index (χ2v) is 5.85. The van der Waals surface area contributed by atoms with Gasteiger partial charge in [0.25, 0.3) is 11.6 Å². The number of amides is 1. The zero-order chi connectivity index (χ0) is 17.5. The summed E-state index contributed by atoms with van der Waals surface area (Å²) < 4.78 is 0. The molecule has 2 rings (SSSR count). The Bertz CT molecular complexity index is 750. The van der Waals surface area contributed by atoms with E-state index in [0.717, 1.165) is 10.5 Å². The first kappa shape index (κ1) is 17.7. The molecule has 1 aromatic carbocycles. The number of nitrogens with one attached hydrogen (secondary N) is 1. The van der Waals surface area contributed by atoms with E-state index in [-0.39, 0.29) is 17.3 Å². The van der Waals surface area contributed by atoms with Gasteiger partial charge in [0.2, 0.25) is 0 Å². The van der Waals surface area contributed by atoms with Gasteiger partial charge in [0.15, 0.2) is 0 Å². The molecule has 0 aliphatic heterocycles. The maximum absolute atomic E-state index is 12.6. The quantitative estimate of drug-likeness (QED) is 0.358. The predicted octanol–water partition coefficient (Wildman–Crippen LogP) is 3.76. The summed E-state index contributed by atoms with van der Waals surface area (Å²) in [7, 11) is 0. The lowest BCUT2D eigenvalue weighted by atomic mass is 10.0. The highest BCUT2D eigenvalue weighted by molar-refractivity contribution is 7.98. The summed E-state index contributed by atoms with van der Waals surface area (Å²) in [5.41, 5.74) is 0.703. The van der Waals surface area contributed by atoms with Crippen LogP contribution in [0.15, 0.2) is 60.3 Å². The molecule has 0 saturated heterocycles. The Morgan fingerprint density at radius 3 is 2.71 bits per heavy atom. The van der Waals surface area contributed by atoms with Crippen LogP contribution in [0.2, 0.25) is 0 Å². The van der Waals surface area contributed by atoms with Crippen LogP contribution < -0.4 is 5.32 Å². The van der Waals surface area contributed by atoms with E-state index in [1.807, 2.05) is 6.26 Å². The van der Waals surface area contributed by atoms with Gasteiger partial charge in [0.1, 0.15) is 5.56 Å². The van der Waals surface area contributed by atoms with Crippen LogP contribution >= 0.6 is 11.8 Å². The Morgan fingerprint density at radius 1 is 1.42 bits per heavy atom. The fourth-order valence-electron chi connectivity index (χ4n) is 2.26. The van der Waals surface area contributed by atoms with Gasteiger partial charge < -0.3 is 5.32 Å². The molecule has 1 aromatic heterocycles. The van der Waals surface area contributed by atoms with Crippen molar-refractivity contribution < 1.29 is 9.72 Å². The molecule has 0 bridgehead atoms. The van der Waals surface area contributed by atoms with Crippen LogP contribution in [0.4, 0.5) is 5.69 Å². The van der Waals surface area contributed by atoms with Crippen molar-refractivity contribution in [3.05, 3.63) is 76.6 Å². The fraction of sp³-hybridized carbons (Fsp3) is 0.176. The smallest absolute Gasteiger partial charge is 0.282 e. The molecule has 0 fully saturated rings. The molecule has 24 heavy (non-hydrogen) atoms. The van der Waals surface area contributed by atoms with Crippen LogP contribution in [0, 0.1) is 10.1 Å². The minimum absolute atomic E-state index is 0.0509. The molecule has 0 aliphatic carbocycles. The Labute approximate surface area is 144 Å². The van der Waals surface area contributed by atoms with Gasteiger partial charge in [-0.2, -0.15) is 0 Å². The van der Waals surface area contributed by atoms with Crippen molar-refractivity contribution >= 4 is 23.4 Å².